The van der Waals surface area contributed by atoms with Gasteiger partial charge >= 0.3 is 22.8 Å². The van der Waals surface area contributed by atoms with E-state index in [2.05, 4.69) is 141 Å². The standard InChI is InChI=1S/C27H32N8O2S.C26H24N8O2S.C25H25N7O2S.C24H25N7O3S/c1-17-20(33-27(37)30-17)14-18-16-29-35-24(31-19-6-7-19)15-21(32-25(18)35)22-8-9-23(38-22)26(36)28-10-2-3-11-34-12-4-5-13-34;1-15-19(33-26(36)30-15)12-16-14-29-34-23(31-18-5-6-18)13-20(32-24(16)34)21-7-8-22(37-21)25(35)28-11-9-17-4-2-3-10-27-17;1-13-4-5-14(2)31(13)24(33)21-9-8-20(35-21)19-11-22(28-17-6-7-17)32-23(29-19)16(12-26-32)10-18-15(3)27-25(34)30-18;1-14-17(29-24(33)26-14)11-15-13-25-31-21(27-16-3-4-16)12-18(28-22(15)31)19-5-6-20(35-19)23(32)30-7-2-9-34-10-8-30/h8-9,14-16,19,31H,1-7,10-13H2,(H,28,36)(H2,30,33,37);2-4,7-8,10,12-14,18,31H,1,5-6,9,11H2,(H,28,35)(H2,30,33,36);4-5,8-14,17,28H,3,6-7H2,1-2H3,(H2,27,30,34);5-6,11-13,16,27H,1-4,7-10H2,(H2,26,29,33)/b20-14-;19-12-;18-10-;17-11-. The quantitative estimate of drug-likeness (QED) is 0.0177. The van der Waals surface area contributed by atoms with E-state index in [0.717, 1.165) is 171 Å². The van der Waals surface area contributed by atoms with Crippen LogP contribution in [0.3, 0.4) is 0 Å². The zero-order valence-corrected chi connectivity index (χ0v) is 82.8. The Balaban J connectivity index is 0.000000114. The second-order valence-corrected chi connectivity index (χ2v) is 41.3. The maximum Gasteiger partial charge on any atom is 0.323 e. The van der Waals surface area contributed by atoms with Crippen molar-refractivity contribution in [3.8, 4) is 42.3 Å². The fourth-order valence-corrected chi connectivity index (χ4v) is 21.0. The Bertz CT molecular complexity index is 8570. The summed E-state index contributed by atoms with van der Waals surface area (Å²) in [5.41, 5.74) is 8.32. The maximum atomic E-state index is 13.2. The molecule has 4 aliphatic carbocycles. The van der Waals surface area contributed by atoms with Crippen LogP contribution in [0.15, 0.2) is 153 Å². The van der Waals surface area contributed by atoms with Crippen molar-refractivity contribution in [1.82, 2.24) is 129 Å². The summed E-state index contributed by atoms with van der Waals surface area (Å²) < 4.78 is 12.6. The molecule has 742 valence electrons. The zero-order chi connectivity index (χ0) is 99.6. The summed E-state index contributed by atoms with van der Waals surface area (Å²) in [6, 6.07) is 30.7. The molecular formula is C102H106N30O9S4. The van der Waals surface area contributed by atoms with Crippen LogP contribution in [0, 0.1) is 0 Å². The average molecular weight is 2020 g/mol. The van der Waals surface area contributed by atoms with Crippen LogP contribution in [-0.2, 0) is 11.2 Å². The van der Waals surface area contributed by atoms with Gasteiger partial charge < -0.3 is 91.2 Å². The largest absolute Gasteiger partial charge is 0.380 e. The molecule has 0 spiro atoms. The number of anilines is 4. The number of rotatable bonds is 28. The van der Waals surface area contributed by atoms with Crippen LogP contribution in [0.5, 0.6) is 0 Å². The molecule has 145 heavy (non-hydrogen) atoms. The predicted octanol–water partition coefficient (Wildman–Crippen LogP) is 6.78. The third kappa shape index (κ3) is 22.2. The first-order chi connectivity index (χ1) is 70.5. The molecule has 39 nitrogen and oxygen atoms in total. The van der Waals surface area contributed by atoms with Gasteiger partial charge in [-0.15, -0.1) is 45.3 Å². The lowest BCUT2D eigenvalue weighted by Gasteiger charge is -2.25. The summed E-state index contributed by atoms with van der Waals surface area (Å²) >= 11 is 5.71. The Hall–Kier alpha value is -15.8. The summed E-state index contributed by atoms with van der Waals surface area (Å²) in [5, 5.41) is 42.7. The van der Waals surface area contributed by atoms with Gasteiger partial charge in [0.15, 0.2) is 22.6 Å². The van der Waals surface area contributed by atoms with E-state index in [1.807, 2.05) is 133 Å². The van der Waals surface area contributed by atoms with E-state index in [1.165, 1.54) is 71.3 Å². The Morgan fingerprint density at radius 2 is 0.786 bits per heavy atom. The first-order valence-corrected chi connectivity index (χ1v) is 51.8. The number of carbonyl (C=O) groups is 4. The molecular weight excluding hydrogens is 1920 g/mol. The molecule has 4 saturated carbocycles. The number of amides is 4. The van der Waals surface area contributed by atoms with E-state index < -0.39 is 0 Å². The molecule has 3 aliphatic heterocycles. The third-order valence-corrected chi connectivity index (χ3v) is 30.0. The number of ether oxygens (including phenoxy) is 1. The van der Waals surface area contributed by atoms with Gasteiger partial charge in [-0.2, -0.15) is 38.5 Å². The number of pyridine rings is 1. The second kappa shape index (κ2) is 41.6. The minimum Gasteiger partial charge on any atom is -0.380 e. The van der Waals surface area contributed by atoms with Crippen LogP contribution in [0.1, 0.15) is 164 Å². The van der Waals surface area contributed by atoms with Crippen LogP contribution in [0.25, 0.3) is 115 Å². The van der Waals surface area contributed by atoms with Gasteiger partial charge in [0.05, 0.1) is 136 Å². The molecule has 2 atom stereocenters. The number of likely N-dealkylation sites (tertiary alicyclic amines) is 1. The van der Waals surface area contributed by atoms with E-state index >= 15 is 0 Å². The Morgan fingerprint density at radius 1 is 0.421 bits per heavy atom. The van der Waals surface area contributed by atoms with Gasteiger partial charge in [0.25, 0.3) is 23.6 Å². The maximum absolute atomic E-state index is 13.2. The number of imidazole rings is 4. The minimum atomic E-state index is -0.318. The van der Waals surface area contributed by atoms with Gasteiger partial charge in [0, 0.05) is 134 Å². The van der Waals surface area contributed by atoms with Crippen molar-refractivity contribution < 1.29 is 23.9 Å². The van der Waals surface area contributed by atoms with Crippen LogP contribution < -0.4 is 97.5 Å². The van der Waals surface area contributed by atoms with Gasteiger partial charge in [-0.3, -0.25) is 24.2 Å². The molecule has 17 aromatic heterocycles. The first kappa shape index (κ1) is 95.4. The van der Waals surface area contributed by atoms with E-state index in [-0.39, 0.29) is 58.5 Å². The molecule has 4 amide bonds. The Kier molecular flexibility index (Phi) is 27.4. The van der Waals surface area contributed by atoms with Gasteiger partial charge in [-0.25, -0.2) is 39.1 Å². The number of aromatic nitrogens is 21. The lowest BCUT2D eigenvalue weighted by molar-refractivity contribution is 0.0712. The van der Waals surface area contributed by atoms with Crippen LogP contribution >= 0.6 is 45.3 Å². The SMILES string of the molecule is C=c1[nH]c(=O)[nH]/c1=C\c1cnn2c(NC3CC3)cc(-c3ccc(C(=O)N4C(C)C=CC4C)s3)nc12.C=c1[nH]c(=O)[nH]/c1=C\c1cnn2c(NC3CC3)cc(-c3ccc(C(=O)N4CCCOCC4)s3)nc12.C=c1[nH]c(=O)[nH]/c1=C\c1cnn2c(NC3CC3)cc(-c3ccc(C(=O)NCCCCN4CCCC4)s3)nc12.C=c1[nH]c(=O)[nH]/c1=C\c1cnn2c(NC3CC3)cc(-c3ccc(C(=O)NCCc4ccccn4)s3)nc12. The molecule has 0 radical (unpaired) electrons. The van der Waals surface area contributed by atoms with Crippen molar-refractivity contribution in [2.75, 3.05) is 80.3 Å². The lowest BCUT2D eigenvalue weighted by atomic mass is 10.2. The molecule has 0 bridgehead atoms. The second-order valence-electron chi connectivity index (χ2n) is 36.9. The van der Waals surface area contributed by atoms with Gasteiger partial charge in [-0.1, -0.05) is 44.5 Å². The molecule has 17 aromatic rings. The van der Waals surface area contributed by atoms with Crippen LogP contribution in [0.2, 0.25) is 0 Å². The first-order valence-electron chi connectivity index (χ1n) is 48.5. The van der Waals surface area contributed by atoms with E-state index in [1.54, 1.807) is 55.1 Å². The van der Waals surface area contributed by atoms with E-state index in [9.17, 15) is 38.4 Å². The highest BCUT2D eigenvalue weighted by Crippen LogP contribution is 2.39. The number of hydrogen-bond donors (Lipinski definition) is 14. The number of hydrogen-bond acceptors (Lipinski definition) is 27. The van der Waals surface area contributed by atoms with Crippen molar-refractivity contribution >= 4 is 165 Å². The smallest absolute Gasteiger partial charge is 0.323 e. The fraction of sp³-hybridized carbons (Fsp3) is 0.304. The highest BCUT2D eigenvalue weighted by atomic mass is 32.1. The molecule has 0 aromatic carbocycles. The van der Waals surface area contributed by atoms with Crippen molar-refractivity contribution in [1.29, 1.82) is 0 Å². The predicted molar refractivity (Wildman–Crippen MR) is 564 cm³/mol. The molecule has 14 N–H and O–H groups in total. The third-order valence-electron chi connectivity index (χ3n) is 25.6. The van der Waals surface area contributed by atoms with Crippen molar-refractivity contribution in [3.05, 3.63) is 266 Å². The normalized spacial score (nSPS) is 16.9. The molecule has 2 unspecified atom stereocenters. The van der Waals surface area contributed by atoms with Gasteiger partial charge in [-0.05, 0) is 202 Å². The lowest BCUT2D eigenvalue weighted by Crippen LogP contribution is -2.38. The van der Waals surface area contributed by atoms with Crippen molar-refractivity contribution in [2.45, 2.75) is 140 Å². The Labute approximate surface area is 841 Å². The number of unbranched alkanes of at least 4 members (excludes halogenated alkanes) is 1. The molecule has 43 heteroatoms. The molecule has 24 rings (SSSR count). The molecule has 7 aliphatic rings. The van der Waals surface area contributed by atoms with Gasteiger partial charge in [0.1, 0.15) is 23.3 Å². The fourth-order valence-electron chi connectivity index (χ4n) is 17.4. The van der Waals surface area contributed by atoms with E-state index in [4.69, 9.17) is 24.7 Å². The summed E-state index contributed by atoms with van der Waals surface area (Å²) in [7, 11) is 0. The Morgan fingerprint density at radius 3 is 1.14 bits per heavy atom. The van der Waals surface area contributed by atoms with E-state index in [0.29, 0.717) is 155 Å². The number of nitrogens with zero attached hydrogens (tertiary/aromatic N) is 16. The topological polar surface area (TPSA) is 488 Å². The van der Waals surface area contributed by atoms with Crippen molar-refractivity contribution in [3.63, 3.8) is 0 Å². The van der Waals surface area contributed by atoms with Crippen LogP contribution in [0.4, 0.5) is 23.3 Å². The summed E-state index contributed by atoms with van der Waals surface area (Å²) in [6.45, 7) is 26.9. The number of aromatic amines is 8. The number of carbonyl (C=O) groups excluding carboxylic acids is 4. The number of fused-ring (bicyclic) bond motifs is 4. The molecule has 20 heterocycles. The highest BCUT2D eigenvalue weighted by Gasteiger charge is 2.33. The number of H-pyrrole nitrogens is 8. The zero-order valence-electron chi connectivity index (χ0n) is 79.5. The number of nitrogens with one attached hydrogen (secondary N) is 14. The highest BCUT2D eigenvalue weighted by molar-refractivity contribution is 7.18. The summed E-state index contributed by atoms with van der Waals surface area (Å²) in [4.78, 5) is 156. The molecule has 2 saturated heterocycles. The van der Waals surface area contributed by atoms with Gasteiger partial charge in [0.2, 0.25) is 0 Å². The number of thiophene rings is 4. The average Bonchev–Trinajstić information content (AvgIpc) is 1.12. The molecule has 6 fully saturated rings. The summed E-state index contributed by atoms with van der Waals surface area (Å²) in [5.74, 6) is 3.26. The minimum absolute atomic E-state index is 0.0291. The van der Waals surface area contributed by atoms with Crippen molar-refractivity contribution in [2.24, 2.45) is 0 Å². The monoisotopic (exact) mass is 2020 g/mol. The summed E-state index contributed by atoms with van der Waals surface area (Å²) in [6.07, 6.45) is 35.2. The van der Waals surface area contributed by atoms with Crippen LogP contribution in [-0.4, -0.2) is 237 Å².